The van der Waals surface area contributed by atoms with E-state index in [-0.39, 0.29) is 12.0 Å². The first-order valence-corrected chi connectivity index (χ1v) is 11.8. The van der Waals surface area contributed by atoms with Crippen molar-refractivity contribution in [1.82, 2.24) is 9.80 Å². The molecular formula is C27H38N2O3. The van der Waals surface area contributed by atoms with E-state index in [0.29, 0.717) is 13.1 Å². The summed E-state index contributed by atoms with van der Waals surface area (Å²) in [5.41, 5.74) is 2.14. The first kappa shape index (κ1) is 24.3. The van der Waals surface area contributed by atoms with Crippen LogP contribution in [0.15, 0.2) is 60.7 Å². The summed E-state index contributed by atoms with van der Waals surface area (Å²) in [5, 5.41) is 10.8. The number of hydrogen-bond donors (Lipinski definition) is 1. The second-order valence-electron chi connectivity index (χ2n) is 9.81. The highest BCUT2D eigenvalue weighted by Crippen LogP contribution is 2.22. The standard InChI is InChI=1S/C27H38N2O3/c1-27(2,3)32-26(31)29-19-16-24(25(30)21-29)20-28(17-14-22-10-6-4-7-11-22)18-15-23-12-8-5-9-13-23/h4-13,24-25,30H,14-21H2,1-3H3/t24-,25+/m0/s1. The number of ether oxygens (including phenoxy) is 1. The second kappa shape index (κ2) is 11.5. The third-order valence-corrected chi connectivity index (χ3v) is 5.98. The second-order valence-corrected chi connectivity index (χ2v) is 9.81. The molecule has 2 atom stereocenters. The average Bonchev–Trinajstić information content (AvgIpc) is 2.77. The van der Waals surface area contributed by atoms with Crippen molar-refractivity contribution in [2.24, 2.45) is 5.92 Å². The van der Waals surface area contributed by atoms with Gasteiger partial charge in [0.15, 0.2) is 0 Å². The van der Waals surface area contributed by atoms with Gasteiger partial charge in [-0.3, -0.25) is 0 Å². The molecule has 1 heterocycles. The number of carbonyl (C=O) groups is 1. The molecule has 0 saturated carbocycles. The van der Waals surface area contributed by atoms with Crippen LogP contribution in [0, 0.1) is 5.92 Å². The Morgan fingerprint density at radius 1 is 1.00 bits per heavy atom. The maximum Gasteiger partial charge on any atom is 0.410 e. The predicted molar refractivity (Wildman–Crippen MR) is 129 cm³/mol. The largest absolute Gasteiger partial charge is 0.444 e. The summed E-state index contributed by atoms with van der Waals surface area (Å²) in [6.07, 6.45) is 1.89. The topological polar surface area (TPSA) is 53.0 Å². The molecule has 174 valence electrons. The molecule has 3 rings (SSSR count). The van der Waals surface area contributed by atoms with E-state index in [0.717, 1.165) is 38.9 Å². The number of aliphatic hydroxyl groups is 1. The fraction of sp³-hybridized carbons (Fsp3) is 0.519. The van der Waals surface area contributed by atoms with Crippen molar-refractivity contribution in [3.8, 4) is 0 Å². The molecule has 0 bridgehead atoms. The van der Waals surface area contributed by atoms with E-state index in [1.807, 2.05) is 32.9 Å². The highest BCUT2D eigenvalue weighted by molar-refractivity contribution is 5.68. The molecule has 32 heavy (non-hydrogen) atoms. The first-order valence-electron chi connectivity index (χ1n) is 11.8. The number of amides is 1. The minimum atomic E-state index is -0.535. The zero-order chi connectivity index (χ0) is 23.0. The van der Waals surface area contributed by atoms with Crippen LogP contribution >= 0.6 is 0 Å². The van der Waals surface area contributed by atoms with Gasteiger partial charge in [0.05, 0.1) is 12.6 Å². The van der Waals surface area contributed by atoms with Gasteiger partial charge in [0, 0.05) is 32.1 Å². The number of rotatable bonds is 8. The van der Waals surface area contributed by atoms with E-state index >= 15 is 0 Å². The van der Waals surface area contributed by atoms with Gasteiger partial charge >= 0.3 is 6.09 Å². The lowest BCUT2D eigenvalue weighted by atomic mass is 9.93. The quantitative estimate of drug-likeness (QED) is 0.664. The Hall–Kier alpha value is -2.37. The van der Waals surface area contributed by atoms with Crippen LogP contribution in [0.25, 0.3) is 0 Å². The molecule has 0 spiro atoms. The lowest BCUT2D eigenvalue weighted by Crippen LogP contribution is -2.51. The normalized spacial score (nSPS) is 19.2. The molecule has 1 aliphatic rings. The Kier molecular flexibility index (Phi) is 8.71. The number of benzene rings is 2. The van der Waals surface area contributed by atoms with Crippen LogP contribution in [0.1, 0.15) is 38.3 Å². The first-order chi connectivity index (χ1) is 15.3. The number of β-amino-alcohol motifs (C(OH)–C–C–N with tert-alkyl or cyclic N) is 1. The summed E-state index contributed by atoms with van der Waals surface area (Å²) in [7, 11) is 0. The highest BCUT2D eigenvalue weighted by atomic mass is 16.6. The van der Waals surface area contributed by atoms with E-state index in [9.17, 15) is 9.90 Å². The average molecular weight is 439 g/mol. The maximum atomic E-state index is 12.4. The van der Waals surface area contributed by atoms with Crippen molar-refractivity contribution >= 4 is 6.09 Å². The van der Waals surface area contributed by atoms with Crippen molar-refractivity contribution in [2.75, 3.05) is 32.7 Å². The van der Waals surface area contributed by atoms with Crippen molar-refractivity contribution in [2.45, 2.75) is 51.7 Å². The minimum Gasteiger partial charge on any atom is -0.444 e. The molecule has 1 saturated heterocycles. The van der Waals surface area contributed by atoms with E-state index in [1.165, 1.54) is 11.1 Å². The van der Waals surface area contributed by atoms with Gasteiger partial charge in [0.1, 0.15) is 5.60 Å². The minimum absolute atomic E-state index is 0.153. The van der Waals surface area contributed by atoms with E-state index in [1.54, 1.807) is 4.90 Å². The fourth-order valence-corrected chi connectivity index (χ4v) is 4.18. The fourth-order valence-electron chi connectivity index (χ4n) is 4.18. The molecule has 2 aromatic carbocycles. The summed E-state index contributed by atoms with van der Waals surface area (Å²) in [6.45, 7) is 9.31. The molecular weight excluding hydrogens is 400 g/mol. The molecule has 0 radical (unpaired) electrons. The number of carbonyl (C=O) groups excluding carboxylic acids is 1. The molecule has 1 N–H and O–H groups in total. The van der Waals surface area contributed by atoms with Crippen molar-refractivity contribution in [1.29, 1.82) is 0 Å². The molecule has 0 unspecified atom stereocenters. The Morgan fingerprint density at radius 2 is 1.53 bits per heavy atom. The Balaban J connectivity index is 1.57. The van der Waals surface area contributed by atoms with Crippen LogP contribution in [0.3, 0.4) is 0 Å². The maximum absolute atomic E-state index is 12.4. The van der Waals surface area contributed by atoms with Crippen molar-refractivity contribution in [3.63, 3.8) is 0 Å². The van der Waals surface area contributed by atoms with Gasteiger partial charge < -0.3 is 19.6 Å². The summed E-state index contributed by atoms with van der Waals surface area (Å²) in [5.74, 6) is 0.153. The van der Waals surface area contributed by atoms with Crippen LogP contribution in [0.5, 0.6) is 0 Å². The zero-order valence-corrected chi connectivity index (χ0v) is 19.7. The third kappa shape index (κ3) is 7.95. The summed E-state index contributed by atoms with van der Waals surface area (Å²) in [6, 6.07) is 21.1. The number of nitrogens with zero attached hydrogens (tertiary/aromatic N) is 2. The van der Waals surface area contributed by atoms with E-state index in [4.69, 9.17) is 4.74 Å². The monoisotopic (exact) mass is 438 g/mol. The highest BCUT2D eigenvalue weighted by Gasteiger charge is 2.33. The zero-order valence-electron chi connectivity index (χ0n) is 19.7. The molecule has 2 aromatic rings. The van der Waals surface area contributed by atoms with Gasteiger partial charge in [0.25, 0.3) is 0 Å². The number of aliphatic hydroxyl groups excluding tert-OH is 1. The number of hydrogen-bond acceptors (Lipinski definition) is 4. The smallest absolute Gasteiger partial charge is 0.410 e. The lowest BCUT2D eigenvalue weighted by Gasteiger charge is -2.38. The lowest BCUT2D eigenvalue weighted by molar-refractivity contribution is -0.0189. The molecule has 5 heteroatoms. The molecule has 0 aliphatic carbocycles. The molecule has 1 amide bonds. The van der Waals surface area contributed by atoms with Crippen LogP contribution in [0.4, 0.5) is 4.79 Å². The van der Waals surface area contributed by atoms with Gasteiger partial charge in [-0.15, -0.1) is 0 Å². The van der Waals surface area contributed by atoms with Crippen molar-refractivity contribution < 1.29 is 14.6 Å². The Morgan fingerprint density at radius 3 is 2.00 bits per heavy atom. The number of likely N-dealkylation sites (tertiary alicyclic amines) is 1. The van der Waals surface area contributed by atoms with Crippen LogP contribution in [-0.4, -0.2) is 65.4 Å². The molecule has 0 aromatic heterocycles. The predicted octanol–water partition coefficient (Wildman–Crippen LogP) is 4.39. The van der Waals surface area contributed by atoms with Crippen molar-refractivity contribution in [3.05, 3.63) is 71.8 Å². The van der Waals surface area contributed by atoms with E-state index < -0.39 is 11.7 Å². The summed E-state index contributed by atoms with van der Waals surface area (Å²) < 4.78 is 5.48. The third-order valence-electron chi connectivity index (χ3n) is 5.98. The summed E-state index contributed by atoms with van der Waals surface area (Å²) >= 11 is 0. The van der Waals surface area contributed by atoms with E-state index in [2.05, 4.69) is 53.4 Å². The van der Waals surface area contributed by atoms with Gasteiger partial charge in [-0.2, -0.15) is 0 Å². The van der Waals surface area contributed by atoms with Crippen LogP contribution in [0.2, 0.25) is 0 Å². The van der Waals surface area contributed by atoms with Crippen LogP contribution < -0.4 is 0 Å². The molecule has 1 aliphatic heterocycles. The Bertz CT molecular complexity index is 776. The van der Waals surface area contributed by atoms with Gasteiger partial charge in [-0.25, -0.2) is 4.79 Å². The van der Waals surface area contributed by atoms with Gasteiger partial charge in [0.2, 0.25) is 0 Å². The number of piperidine rings is 1. The van der Waals surface area contributed by atoms with Gasteiger partial charge in [-0.1, -0.05) is 60.7 Å². The van der Waals surface area contributed by atoms with Crippen LogP contribution in [-0.2, 0) is 17.6 Å². The molecule has 1 fully saturated rings. The Labute approximate surface area is 193 Å². The van der Waals surface area contributed by atoms with Gasteiger partial charge in [-0.05, 0) is 51.2 Å². The SMILES string of the molecule is CC(C)(C)OC(=O)N1CC[C@@H](CN(CCc2ccccc2)CCc2ccccc2)[C@H](O)C1. The summed E-state index contributed by atoms with van der Waals surface area (Å²) in [4.78, 5) is 16.5. The molecule has 5 nitrogen and oxygen atoms in total.